The summed E-state index contributed by atoms with van der Waals surface area (Å²) in [5.41, 5.74) is 1.35. The van der Waals surface area contributed by atoms with Gasteiger partial charge in [-0.05, 0) is 65.2 Å². The van der Waals surface area contributed by atoms with Gasteiger partial charge in [-0.3, -0.25) is 0 Å². The Balaban J connectivity index is -0.000000422. The zero-order valence-corrected chi connectivity index (χ0v) is 27.3. The number of hydrogen-bond acceptors (Lipinski definition) is 4. The summed E-state index contributed by atoms with van der Waals surface area (Å²) in [7, 11) is 1.95. The lowest BCUT2D eigenvalue weighted by atomic mass is 10.1. The molecule has 0 saturated carbocycles. The third-order valence-electron chi connectivity index (χ3n) is 5.61. The third kappa shape index (κ3) is 29.3. The Kier molecular flexibility index (Phi) is 28.2. The van der Waals surface area contributed by atoms with Gasteiger partial charge in [-0.25, -0.2) is 0 Å². The van der Waals surface area contributed by atoms with Crippen LogP contribution in [0.25, 0.3) is 0 Å². The Morgan fingerprint density at radius 1 is 0.611 bits per heavy atom. The molecule has 0 aliphatic heterocycles. The summed E-state index contributed by atoms with van der Waals surface area (Å²) in [4.78, 5) is 4.98. The molecule has 0 aromatic heterocycles. The highest BCUT2D eigenvalue weighted by Crippen LogP contribution is 2.07. The van der Waals surface area contributed by atoms with Crippen LogP contribution in [0.4, 0.5) is 0 Å². The summed E-state index contributed by atoms with van der Waals surface area (Å²) >= 11 is 0. The Hall–Kier alpha value is -0.940. The van der Waals surface area contributed by atoms with Gasteiger partial charge in [0.25, 0.3) is 0 Å². The Labute approximate surface area is 229 Å². The van der Waals surface area contributed by atoms with Gasteiger partial charge in [0.2, 0.25) is 0 Å². The fraction of sp³-hybridized carbons (Fsp3) is 0.812. The summed E-state index contributed by atoms with van der Waals surface area (Å²) in [6.07, 6.45) is 0. The Morgan fingerprint density at radius 2 is 1.00 bits per heavy atom. The average Bonchev–Trinajstić information content (AvgIpc) is 2.79. The fourth-order valence-corrected chi connectivity index (χ4v) is 3.31. The summed E-state index contributed by atoms with van der Waals surface area (Å²) in [5.74, 6) is 1.57. The van der Waals surface area contributed by atoms with Gasteiger partial charge >= 0.3 is 0 Å². The number of nitrogens with one attached hydrogen (secondary N) is 2. The molecule has 0 amide bonds. The van der Waals surface area contributed by atoms with E-state index in [4.69, 9.17) is 0 Å². The molecule has 0 spiro atoms. The van der Waals surface area contributed by atoms with E-state index in [9.17, 15) is 0 Å². The van der Waals surface area contributed by atoms with Crippen molar-refractivity contribution in [1.29, 1.82) is 0 Å². The van der Waals surface area contributed by atoms with Crippen LogP contribution in [0.5, 0.6) is 0 Å². The molecule has 4 nitrogen and oxygen atoms in total. The van der Waals surface area contributed by atoms with E-state index in [0.717, 1.165) is 18.4 Å². The molecule has 0 saturated heterocycles. The average molecular weight is 509 g/mol. The van der Waals surface area contributed by atoms with Crippen molar-refractivity contribution in [2.45, 2.75) is 128 Å². The molecule has 2 N–H and O–H groups in total. The molecule has 0 aliphatic rings. The Bertz CT molecular complexity index is 524. The molecular weight excluding hydrogens is 440 g/mol. The SMILES string of the molecule is CC(C)CN(CC(C)C)C(C)C.CC(C)NCc1ccccc1.CCN(CC)C(C)C.CNC(C)C. The van der Waals surface area contributed by atoms with Crippen LogP contribution in [0.3, 0.4) is 0 Å². The van der Waals surface area contributed by atoms with Gasteiger partial charge in [0.15, 0.2) is 0 Å². The molecule has 216 valence electrons. The van der Waals surface area contributed by atoms with E-state index in [1.807, 2.05) is 13.1 Å². The van der Waals surface area contributed by atoms with E-state index in [-0.39, 0.29) is 0 Å². The minimum Gasteiger partial charge on any atom is -0.318 e. The van der Waals surface area contributed by atoms with Crippen molar-refractivity contribution >= 4 is 0 Å². The second-order valence-corrected chi connectivity index (χ2v) is 11.6. The van der Waals surface area contributed by atoms with Crippen molar-refractivity contribution in [2.24, 2.45) is 11.8 Å². The molecule has 0 heterocycles. The van der Waals surface area contributed by atoms with Gasteiger partial charge < -0.3 is 20.4 Å². The monoisotopic (exact) mass is 509 g/mol. The van der Waals surface area contributed by atoms with Crippen molar-refractivity contribution in [3.63, 3.8) is 0 Å². The topological polar surface area (TPSA) is 30.5 Å². The molecule has 1 rings (SSSR count). The zero-order chi connectivity index (χ0) is 28.7. The minimum absolute atomic E-state index is 0.565. The van der Waals surface area contributed by atoms with Crippen LogP contribution < -0.4 is 10.6 Å². The highest BCUT2D eigenvalue weighted by Gasteiger charge is 2.11. The van der Waals surface area contributed by atoms with Crippen LogP contribution >= 0.6 is 0 Å². The third-order valence-corrected chi connectivity index (χ3v) is 5.61. The van der Waals surface area contributed by atoms with E-state index >= 15 is 0 Å². The zero-order valence-electron chi connectivity index (χ0n) is 27.3. The summed E-state index contributed by atoms with van der Waals surface area (Å²) in [6, 6.07) is 13.0. The van der Waals surface area contributed by atoms with Crippen LogP contribution in [0.15, 0.2) is 30.3 Å². The van der Waals surface area contributed by atoms with Gasteiger partial charge in [0, 0.05) is 43.8 Å². The standard InChI is InChI=1S/C11H25N.C10H15N.C7H17N.C4H11N/c1-9(2)7-12(11(5)6)8-10(3)4;1-9(2)11-8-10-6-4-3-5-7-10;1-5-8(6-2)7(3)4;1-4(2)5-3/h9-11H,7-8H2,1-6H3;3-7,9,11H,8H2,1-2H3;7H,5-6H2,1-4H3;4-5H,1-3H3. The highest BCUT2D eigenvalue weighted by atomic mass is 15.1. The van der Waals surface area contributed by atoms with E-state index in [2.05, 4.69) is 142 Å². The largest absolute Gasteiger partial charge is 0.318 e. The van der Waals surface area contributed by atoms with Gasteiger partial charge in [-0.1, -0.05) is 99.6 Å². The first-order valence-electron chi connectivity index (χ1n) is 14.6. The molecule has 4 heteroatoms. The molecule has 0 atom stereocenters. The molecule has 0 aliphatic carbocycles. The maximum absolute atomic E-state index is 3.36. The predicted molar refractivity (Wildman–Crippen MR) is 167 cm³/mol. The van der Waals surface area contributed by atoms with E-state index in [1.54, 1.807) is 0 Å². The van der Waals surface area contributed by atoms with Gasteiger partial charge in [-0.15, -0.1) is 0 Å². The molecule has 0 bridgehead atoms. The molecule has 0 fully saturated rings. The lowest BCUT2D eigenvalue weighted by Gasteiger charge is -2.29. The second-order valence-electron chi connectivity index (χ2n) is 11.6. The number of hydrogen-bond donors (Lipinski definition) is 2. The van der Waals surface area contributed by atoms with Crippen LogP contribution in [-0.2, 0) is 6.54 Å². The molecule has 1 aromatic carbocycles. The molecular formula is C32H68N4. The van der Waals surface area contributed by atoms with E-state index < -0.39 is 0 Å². The van der Waals surface area contributed by atoms with Crippen molar-refractivity contribution in [3.8, 4) is 0 Å². The van der Waals surface area contributed by atoms with Gasteiger partial charge in [0.1, 0.15) is 0 Å². The maximum atomic E-state index is 3.36. The second kappa shape index (κ2) is 25.7. The van der Waals surface area contributed by atoms with Crippen LogP contribution in [-0.4, -0.2) is 67.2 Å². The fourth-order valence-electron chi connectivity index (χ4n) is 3.31. The summed E-state index contributed by atoms with van der Waals surface area (Å²) in [5, 5.41) is 6.39. The number of nitrogens with zero attached hydrogens (tertiary/aromatic N) is 2. The smallest absolute Gasteiger partial charge is 0.0207 e. The van der Waals surface area contributed by atoms with Gasteiger partial charge in [0.05, 0.1) is 0 Å². The normalized spacial score (nSPS) is 11.2. The van der Waals surface area contributed by atoms with Gasteiger partial charge in [-0.2, -0.15) is 0 Å². The first-order valence-corrected chi connectivity index (χ1v) is 14.6. The van der Waals surface area contributed by atoms with Crippen molar-refractivity contribution < 1.29 is 0 Å². The first-order chi connectivity index (χ1) is 16.7. The molecule has 36 heavy (non-hydrogen) atoms. The quantitative estimate of drug-likeness (QED) is 0.305. The molecule has 0 radical (unpaired) electrons. The van der Waals surface area contributed by atoms with Crippen LogP contribution in [0.1, 0.15) is 102 Å². The summed E-state index contributed by atoms with van der Waals surface area (Å²) in [6.45, 7) is 36.9. The van der Waals surface area contributed by atoms with Crippen molar-refractivity contribution in [3.05, 3.63) is 35.9 Å². The number of benzene rings is 1. The minimum atomic E-state index is 0.565. The highest BCUT2D eigenvalue weighted by molar-refractivity contribution is 5.14. The Morgan fingerprint density at radius 3 is 1.22 bits per heavy atom. The van der Waals surface area contributed by atoms with Crippen LogP contribution in [0, 0.1) is 11.8 Å². The predicted octanol–water partition coefficient (Wildman–Crippen LogP) is 7.54. The van der Waals surface area contributed by atoms with E-state index in [0.29, 0.717) is 24.2 Å². The van der Waals surface area contributed by atoms with Crippen molar-refractivity contribution in [1.82, 2.24) is 20.4 Å². The maximum Gasteiger partial charge on any atom is 0.0207 e. The molecule has 0 unspecified atom stereocenters. The number of rotatable bonds is 12. The lowest BCUT2D eigenvalue weighted by molar-refractivity contribution is 0.177. The molecule has 1 aromatic rings. The summed E-state index contributed by atoms with van der Waals surface area (Å²) < 4.78 is 0. The van der Waals surface area contributed by atoms with Crippen LogP contribution in [0.2, 0.25) is 0 Å². The van der Waals surface area contributed by atoms with Crippen molar-refractivity contribution in [2.75, 3.05) is 33.2 Å². The lowest BCUT2D eigenvalue weighted by Crippen LogP contribution is -2.36. The first kappa shape index (κ1) is 39.6. The van der Waals surface area contributed by atoms with E-state index in [1.165, 1.54) is 31.7 Å².